The maximum absolute atomic E-state index is 5.66. The van der Waals surface area contributed by atoms with Gasteiger partial charge >= 0.3 is 0 Å². The lowest BCUT2D eigenvalue weighted by molar-refractivity contribution is 0.299. The molecule has 1 aliphatic carbocycles. The quantitative estimate of drug-likeness (QED) is 0.642. The SMILES string of the molecule is Cc1ccc(OCCNC2CCCCCC2)cn1. The molecule has 0 aliphatic heterocycles. The molecule has 1 heterocycles. The summed E-state index contributed by atoms with van der Waals surface area (Å²) in [5.41, 5.74) is 1.03. The molecule has 0 atom stereocenters. The summed E-state index contributed by atoms with van der Waals surface area (Å²) < 4.78 is 5.66. The van der Waals surface area contributed by atoms with Crippen molar-refractivity contribution in [2.75, 3.05) is 13.2 Å². The Morgan fingerprint density at radius 3 is 2.67 bits per heavy atom. The molecule has 1 saturated carbocycles. The van der Waals surface area contributed by atoms with Gasteiger partial charge in [0, 0.05) is 18.3 Å². The molecular formula is C15H24N2O. The summed E-state index contributed by atoms with van der Waals surface area (Å²) >= 11 is 0. The predicted molar refractivity (Wildman–Crippen MR) is 74.0 cm³/mol. The molecule has 0 radical (unpaired) electrons. The predicted octanol–water partition coefficient (Wildman–Crippen LogP) is 3.08. The number of hydrogen-bond acceptors (Lipinski definition) is 3. The van der Waals surface area contributed by atoms with Gasteiger partial charge in [0.25, 0.3) is 0 Å². The second kappa shape index (κ2) is 7.37. The van der Waals surface area contributed by atoms with E-state index in [2.05, 4.69) is 10.3 Å². The summed E-state index contributed by atoms with van der Waals surface area (Å²) in [6.07, 6.45) is 10.0. The summed E-state index contributed by atoms with van der Waals surface area (Å²) in [6, 6.07) is 4.66. The Balaban J connectivity index is 1.61. The molecule has 0 saturated heterocycles. The van der Waals surface area contributed by atoms with Crippen molar-refractivity contribution >= 4 is 0 Å². The van der Waals surface area contributed by atoms with E-state index in [1.165, 1.54) is 38.5 Å². The molecule has 0 bridgehead atoms. The number of nitrogens with zero attached hydrogens (tertiary/aromatic N) is 1. The van der Waals surface area contributed by atoms with Gasteiger partial charge in [-0.1, -0.05) is 25.7 Å². The minimum atomic E-state index is 0.701. The van der Waals surface area contributed by atoms with Gasteiger partial charge in [0.1, 0.15) is 12.4 Å². The number of hydrogen-bond donors (Lipinski definition) is 1. The first-order valence-electron chi connectivity index (χ1n) is 7.13. The van der Waals surface area contributed by atoms with Crippen LogP contribution < -0.4 is 10.1 Å². The van der Waals surface area contributed by atoms with Crippen molar-refractivity contribution in [2.24, 2.45) is 0 Å². The molecule has 1 aliphatic rings. The van der Waals surface area contributed by atoms with Gasteiger partial charge in [-0.15, -0.1) is 0 Å². The van der Waals surface area contributed by atoms with Gasteiger partial charge in [-0.2, -0.15) is 0 Å². The lowest BCUT2D eigenvalue weighted by Gasteiger charge is -2.16. The maximum Gasteiger partial charge on any atom is 0.137 e. The highest BCUT2D eigenvalue weighted by molar-refractivity contribution is 5.18. The van der Waals surface area contributed by atoms with Crippen molar-refractivity contribution in [3.63, 3.8) is 0 Å². The maximum atomic E-state index is 5.66. The van der Waals surface area contributed by atoms with Crippen LogP contribution in [0.4, 0.5) is 0 Å². The Morgan fingerprint density at radius 1 is 1.22 bits per heavy atom. The summed E-state index contributed by atoms with van der Waals surface area (Å²) in [6.45, 7) is 3.64. The van der Waals surface area contributed by atoms with E-state index in [1.807, 2.05) is 19.1 Å². The average Bonchev–Trinajstić information content (AvgIpc) is 2.65. The molecule has 3 nitrogen and oxygen atoms in total. The zero-order chi connectivity index (χ0) is 12.6. The van der Waals surface area contributed by atoms with Crippen LogP contribution in [0.1, 0.15) is 44.2 Å². The topological polar surface area (TPSA) is 34.1 Å². The standard InChI is InChI=1S/C15H24N2O/c1-13-8-9-15(12-17-13)18-11-10-16-14-6-4-2-3-5-7-14/h8-9,12,14,16H,2-7,10-11H2,1H3. The van der Waals surface area contributed by atoms with E-state index in [1.54, 1.807) is 6.20 Å². The number of aryl methyl sites for hydroxylation is 1. The van der Waals surface area contributed by atoms with E-state index in [9.17, 15) is 0 Å². The van der Waals surface area contributed by atoms with Crippen LogP contribution in [0.5, 0.6) is 5.75 Å². The molecule has 2 rings (SSSR count). The van der Waals surface area contributed by atoms with Crippen molar-refractivity contribution in [2.45, 2.75) is 51.5 Å². The molecule has 1 fully saturated rings. The van der Waals surface area contributed by atoms with E-state index >= 15 is 0 Å². The van der Waals surface area contributed by atoms with Gasteiger partial charge in [-0.25, -0.2) is 0 Å². The van der Waals surface area contributed by atoms with Crippen LogP contribution >= 0.6 is 0 Å². The molecule has 1 N–H and O–H groups in total. The molecule has 1 aromatic rings. The zero-order valence-corrected chi connectivity index (χ0v) is 11.3. The summed E-state index contributed by atoms with van der Waals surface area (Å²) in [5, 5.41) is 3.60. The minimum absolute atomic E-state index is 0.701. The Morgan fingerprint density at radius 2 is 2.00 bits per heavy atom. The summed E-state index contributed by atoms with van der Waals surface area (Å²) in [7, 11) is 0. The number of nitrogens with one attached hydrogen (secondary N) is 1. The molecule has 0 amide bonds. The fraction of sp³-hybridized carbons (Fsp3) is 0.667. The van der Waals surface area contributed by atoms with Crippen molar-refractivity contribution in [3.8, 4) is 5.75 Å². The first-order chi connectivity index (χ1) is 8.84. The second-order valence-electron chi connectivity index (χ2n) is 5.13. The highest BCUT2D eigenvalue weighted by Crippen LogP contribution is 2.17. The molecule has 1 aromatic heterocycles. The van der Waals surface area contributed by atoms with Crippen LogP contribution in [0.2, 0.25) is 0 Å². The van der Waals surface area contributed by atoms with Crippen molar-refractivity contribution < 1.29 is 4.74 Å². The van der Waals surface area contributed by atoms with Gasteiger partial charge in [0.2, 0.25) is 0 Å². The lowest BCUT2D eigenvalue weighted by Crippen LogP contribution is -2.32. The molecule has 100 valence electrons. The first kappa shape index (κ1) is 13.3. The molecule has 3 heteroatoms. The van der Waals surface area contributed by atoms with Gasteiger partial charge in [0.15, 0.2) is 0 Å². The number of pyridine rings is 1. The van der Waals surface area contributed by atoms with E-state index in [-0.39, 0.29) is 0 Å². The zero-order valence-electron chi connectivity index (χ0n) is 11.3. The number of ether oxygens (including phenoxy) is 1. The van der Waals surface area contributed by atoms with Gasteiger partial charge in [0.05, 0.1) is 6.20 Å². The third-order valence-corrected chi connectivity index (χ3v) is 3.54. The van der Waals surface area contributed by atoms with Gasteiger partial charge in [-0.05, 0) is 31.9 Å². The van der Waals surface area contributed by atoms with E-state index < -0.39 is 0 Å². The monoisotopic (exact) mass is 248 g/mol. The van der Waals surface area contributed by atoms with Crippen LogP contribution in [0.25, 0.3) is 0 Å². The summed E-state index contributed by atoms with van der Waals surface area (Å²) in [5.74, 6) is 0.864. The minimum Gasteiger partial charge on any atom is -0.491 e. The van der Waals surface area contributed by atoms with Crippen molar-refractivity contribution in [3.05, 3.63) is 24.0 Å². The Labute approximate surface area is 110 Å². The van der Waals surface area contributed by atoms with E-state index in [4.69, 9.17) is 4.74 Å². The fourth-order valence-electron chi connectivity index (χ4n) is 2.46. The highest BCUT2D eigenvalue weighted by Gasteiger charge is 2.10. The molecule has 0 unspecified atom stereocenters. The van der Waals surface area contributed by atoms with E-state index in [0.717, 1.165) is 24.6 Å². The molecule has 0 aromatic carbocycles. The summed E-state index contributed by atoms with van der Waals surface area (Å²) in [4.78, 5) is 4.21. The molecule has 0 spiro atoms. The van der Waals surface area contributed by atoms with Gasteiger partial charge in [-0.3, -0.25) is 4.98 Å². The average molecular weight is 248 g/mol. The second-order valence-corrected chi connectivity index (χ2v) is 5.13. The Bertz CT molecular complexity index is 329. The van der Waals surface area contributed by atoms with Crippen molar-refractivity contribution in [1.82, 2.24) is 10.3 Å². The smallest absolute Gasteiger partial charge is 0.137 e. The largest absolute Gasteiger partial charge is 0.491 e. The van der Waals surface area contributed by atoms with Crippen LogP contribution in [-0.4, -0.2) is 24.2 Å². The Hall–Kier alpha value is -1.09. The fourth-order valence-corrected chi connectivity index (χ4v) is 2.46. The Kier molecular flexibility index (Phi) is 5.46. The van der Waals surface area contributed by atoms with E-state index in [0.29, 0.717) is 6.04 Å². The number of rotatable bonds is 5. The number of aromatic nitrogens is 1. The highest BCUT2D eigenvalue weighted by atomic mass is 16.5. The third kappa shape index (κ3) is 4.65. The first-order valence-corrected chi connectivity index (χ1v) is 7.13. The molecular weight excluding hydrogens is 224 g/mol. The van der Waals surface area contributed by atoms with Crippen LogP contribution in [-0.2, 0) is 0 Å². The van der Waals surface area contributed by atoms with Crippen LogP contribution in [0.15, 0.2) is 18.3 Å². The van der Waals surface area contributed by atoms with Crippen molar-refractivity contribution in [1.29, 1.82) is 0 Å². The molecule has 18 heavy (non-hydrogen) atoms. The van der Waals surface area contributed by atoms with Gasteiger partial charge < -0.3 is 10.1 Å². The van der Waals surface area contributed by atoms with Crippen LogP contribution in [0.3, 0.4) is 0 Å². The lowest BCUT2D eigenvalue weighted by atomic mass is 10.1. The normalized spacial score (nSPS) is 17.4. The third-order valence-electron chi connectivity index (χ3n) is 3.54. The van der Waals surface area contributed by atoms with Crippen LogP contribution in [0, 0.1) is 6.92 Å².